The average Bonchev–Trinajstić information content (AvgIpc) is 2.19. The summed E-state index contributed by atoms with van der Waals surface area (Å²) in [7, 11) is 0. The highest BCUT2D eigenvalue weighted by Crippen LogP contribution is 2.14. The van der Waals surface area contributed by atoms with Gasteiger partial charge < -0.3 is 16.2 Å². The molecule has 4 heteroatoms. The van der Waals surface area contributed by atoms with E-state index in [0.717, 1.165) is 12.2 Å². The van der Waals surface area contributed by atoms with Crippen LogP contribution in [0.5, 0.6) is 5.75 Å². The van der Waals surface area contributed by atoms with Crippen molar-refractivity contribution < 1.29 is 4.74 Å². The summed E-state index contributed by atoms with van der Waals surface area (Å²) in [6.45, 7) is 4.63. The van der Waals surface area contributed by atoms with E-state index in [9.17, 15) is 0 Å². The minimum atomic E-state index is 0.139. The molecule has 0 saturated carbocycles. The van der Waals surface area contributed by atoms with Gasteiger partial charge in [-0.25, -0.2) is 0 Å². The minimum Gasteiger partial charge on any atom is -0.491 e. The van der Waals surface area contributed by atoms with Gasteiger partial charge in [0, 0.05) is 6.54 Å². The normalized spacial score (nSPS) is 10.2. The summed E-state index contributed by atoms with van der Waals surface area (Å²) in [6.07, 6.45) is 1.03. The molecule has 0 aromatic heterocycles. The van der Waals surface area contributed by atoms with E-state index in [-0.39, 0.29) is 12.1 Å². The summed E-state index contributed by atoms with van der Waals surface area (Å²) in [4.78, 5) is 3.93. The molecular weight excluding hydrogens is 202 g/mol. The van der Waals surface area contributed by atoms with Crippen molar-refractivity contribution in [3.05, 3.63) is 29.8 Å². The van der Waals surface area contributed by atoms with Gasteiger partial charge in [0.15, 0.2) is 5.96 Å². The molecular formula is C12H19N3O. The Kier molecular flexibility index (Phi) is 4.64. The van der Waals surface area contributed by atoms with Crippen LogP contribution in [0.15, 0.2) is 29.3 Å². The van der Waals surface area contributed by atoms with Crippen molar-refractivity contribution in [3.8, 4) is 5.75 Å². The van der Waals surface area contributed by atoms with E-state index in [4.69, 9.17) is 16.2 Å². The van der Waals surface area contributed by atoms with Gasteiger partial charge >= 0.3 is 0 Å². The molecule has 1 aromatic carbocycles. The second kappa shape index (κ2) is 6.00. The number of nitrogens with zero attached hydrogens (tertiary/aromatic N) is 1. The molecule has 0 fully saturated rings. The largest absolute Gasteiger partial charge is 0.491 e. The monoisotopic (exact) mass is 221 g/mol. The van der Waals surface area contributed by atoms with Gasteiger partial charge in [0.05, 0.1) is 6.10 Å². The van der Waals surface area contributed by atoms with E-state index in [0.29, 0.717) is 6.54 Å². The van der Waals surface area contributed by atoms with Crippen molar-refractivity contribution in [1.29, 1.82) is 0 Å². The van der Waals surface area contributed by atoms with E-state index in [1.807, 2.05) is 38.1 Å². The average molecular weight is 221 g/mol. The van der Waals surface area contributed by atoms with Gasteiger partial charge in [0.25, 0.3) is 0 Å². The Morgan fingerprint density at radius 1 is 1.25 bits per heavy atom. The fourth-order valence-electron chi connectivity index (χ4n) is 1.32. The number of hydrogen-bond donors (Lipinski definition) is 2. The lowest BCUT2D eigenvalue weighted by Gasteiger charge is -2.09. The first-order chi connectivity index (χ1) is 7.58. The lowest BCUT2D eigenvalue weighted by Crippen LogP contribution is -2.23. The molecule has 0 aliphatic heterocycles. The van der Waals surface area contributed by atoms with Crippen LogP contribution in [0.4, 0.5) is 0 Å². The second-order valence-corrected chi connectivity index (χ2v) is 3.87. The Hall–Kier alpha value is -1.71. The topological polar surface area (TPSA) is 73.6 Å². The smallest absolute Gasteiger partial charge is 0.185 e. The van der Waals surface area contributed by atoms with Crippen molar-refractivity contribution in [2.75, 3.05) is 6.54 Å². The third kappa shape index (κ3) is 4.68. The fourth-order valence-corrected chi connectivity index (χ4v) is 1.32. The van der Waals surface area contributed by atoms with Crippen LogP contribution in [0, 0.1) is 0 Å². The van der Waals surface area contributed by atoms with Gasteiger partial charge in [-0.2, -0.15) is 0 Å². The molecule has 0 unspecified atom stereocenters. The first-order valence-corrected chi connectivity index (χ1v) is 5.39. The van der Waals surface area contributed by atoms with Crippen LogP contribution in [0.3, 0.4) is 0 Å². The van der Waals surface area contributed by atoms with Crippen molar-refractivity contribution >= 4 is 5.96 Å². The lowest BCUT2D eigenvalue weighted by molar-refractivity contribution is 0.242. The van der Waals surface area contributed by atoms with E-state index in [2.05, 4.69) is 4.99 Å². The van der Waals surface area contributed by atoms with Crippen molar-refractivity contribution in [3.63, 3.8) is 0 Å². The summed E-state index contributed by atoms with van der Waals surface area (Å²) in [5.41, 5.74) is 11.7. The zero-order valence-corrected chi connectivity index (χ0v) is 9.81. The Morgan fingerprint density at radius 3 is 2.38 bits per heavy atom. The van der Waals surface area contributed by atoms with Crippen LogP contribution in [-0.4, -0.2) is 18.6 Å². The van der Waals surface area contributed by atoms with Crippen LogP contribution in [0.25, 0.3) is 0 Å². The van der Waals surface area contributed by atoms with Gasteiger partial charge in [0.2, 0.25) is 0 Å². The maximum atomic E-state index is 5.54. The van der Waals surface area contributed by atoms with Gasteiger partial charge in [-0.1, -0.05) is 12.1 Å². The summed E-state index contributed by atoms with van der Waals surface area (Å²) >= 11 is 0. The highest BCUT2D eigenvalue weighted by molar-refractivity contribution is 5.75. The van der Waals surface area contributed by atoms with Crippen molar-refractivity contribution in [2.24, 2.45) is 16.5 Å². The summed E-state index contributed by atoms with van der Waals surface area (Å²) in [5, 5.41) is 0. The van der Waals surface area contributed by atoms with Crippen LogP contribution in [-0.2, 0) is 6.42 Å². The molecule has 0 radical (unpaired) electrons. The molecule has 88 valence electrons. The van der Waals surface area contributed by atoms with Gasteiger partial charge in [-0.3, -0.25) is 4.99 Å². The molecule has 0 saturated heterocycles. The standard InChI is InChI=1S/C12H19N3O/c1-9(2)16-11-5-3-10(4-6-11)7-8-15-12(13)14/h3-6,9H,7-8H2,1-2H3,(H4,13,14,15). The van der Waals surface area contributed by atoms with Gasteiger partial charge in [0.1, 0.15) is 5.75 Å². The van der Waals surface area contributed by atoms with E-state index in [1.54, 1.807) is 0 Å². The molecule has 1 rings (SSSR count). The zero-order valence-electron chi connectivity index (χ0n) is 9.81. The quantitative estimate of drug-likeness (QED) is 0.581. The first-order valence-electron chi connectivity index (χ1n) is 5.39. The Labute approximate surface area is 96.3 Å². The highest BCUT2D eigenvalue weighted by Gasteiger charge is 1.97. The number of benzene rings is 1. The SMILES string of the molecule is CC(C)Oc1ccc(CCN=C(N)N)cc1. The number of hydrogen-bond acceptors (Lipinski definition) is 2. The van der Waals surface area contributed by atoms with Crippen LogP contribution >= 0.6 is 0 Å². The van der Waals surface area contributed by atoms with E-state index >= 15 is 0 Å². The number of rotatable bonds is 5. The molecule has 1 aromatic rings. The summed E-state index contributed by atoms with van der Waals surface area (Å²) < 4.78 is 5.54. The van der Waals surface area contributed by atoms with E-state index < -0.39 is 0 Å². The van der Waals surface area contributed by atoms with E-state index in [1.165, 1.54) is 5.56 Å². The van der Waals surface area contributed by atoms with Gasteiger partial charge in [-0.15, -0.1) is 0 Å². The molecule has 0 bridgehead atoms. The Morgan fingerprint density at radius 2 is 1.88 bits per heavy atom. The first kappa shape index (κ1) is 12.4. The maximum absolute atomic E-state index is 5.54. The third-order valence-electron chi connectivity index (χ3n) is 1.99. The lowest BCUT2D eigenvalue weighted by atomic mass is 10.1. The highest BCUT2D eigenvalue weighted by atomic mass is 16.5. The second-order valence-electron chi connectivity index (χ2n) is 3.87. The number of ether oxygens (including phenoxy) is 1. The molecule has 0 atom stereocenters. The summed E-state index contributed by atoms with van der Waals surface area (Å²) in [6, 6.07) is 7.98. The molecule has 4 N–H and O–H groups in total. The predicted octanol–water partition coefficient (Wildman–Crippen LogP) is 1.29. The number of guanidine groups is 1. The Bertz CT molecular complexity index is 340. The van der Waals surface area contributed by atoms with Crippen molar-refractivity contribution in [2.45, 2.75) is 26.4 Å². The molecule has 0 heterocycles. The molecule has 0 aliphatic rings. The third-order valence-corrected chi connectivity index (χ3v) is 1.99. The molecule has 4 nitrogen and oxygen atoms in total. The number of nitrogens with two attached hydrogens (primary N) is 2. The molecule has 0 spiro atoms. The zero-order chi connectivity index (χ0) is 12.0. The summed E-state index contributed by atoms with van der Waals surface area (Å²) in [5.74, 6) is 1.03. The van der Waals surface area contributed by atoms with Crippen LogP contribution in [0.1, 0.15) is 19.4 Å². The molecule has 16 heavy (non-hydrogen) atoms. The Balaban J connectivity index is 2.48. The van der Waals surface area contributed by atoms with Crippen LogP contribution in [0.2, 0.25) is 0 Å². The van der Waals surface area contributed by atoms with Crippen molar-refractivity contribution in [1.82, 2.24) is 0 Å². The molecule has 0 amide bonds. The maximum Gasteiger partial charge on any atom is 0.185 e. The fraction of sp³-hybridized carbons (Fsp3) is 0.417. The van der Waals surface area contributed by atoms with Crippen LogP contribution < -0.4 is 16.2 Å². The molecule has 0 aliphatic carbocycles. The number of aliphatic imine (C=N–C) groups is 1. The predicted molar refractivity (Wildman–Crippen MR) is 66.6 cm³/mol. The minimum absolute atomic E-state index is 0.139. The van der Waals surface area contributed by atoms with Gasteiger partial charge in [-0.05, 0) is 38.0 Å².